The molecule has 0 radical (unpaired) electrons. The molecule has 150 valence electrons. The molecule has 0 aromatic carbocycles. The first-order valence-corrected chi connectivity index (χ1v) is 9.84. The summed E-state index contributed by atoms with van der Waals surface area (Å²) < 4.78 is 40.6. The Balaban J connectivity index is 1.31. The number of amides is 1. The number of rotatable bonds is 6. The number of fused-ring (bicyclic) bond motifs is 1. The van der Waals surface area contributed by atoms with Gasteiger partial charge in [-0.15, -0.1) is 0 Å². The van der Waals surface area contributed by atoms with Crippen LogP contribution >= 0.6 is 0 Å². The second kappa shape index (κ2) is 8.89. The number of carbonyl (C=O) groups excluding carboxylic acids is 1. The maximum absolute atomic E-state index is 12.8. The van der Waals surface area contributed by atoms with Gasteiger partial charge in [0.2, 0.25) is 5.91 Å². The van der Waals surface area contributed by atoms with Crippen LogP contribution in [0.25, 0.3) is 0 Å². The second-order valence-electron chi connectivity index (χ2n) is 7.79. The third kappa shape index (κ3) is 5.57. The van der Waals surface area contributed by atoms with E-state index in [0.717, 1.165) is 19.5 Å². The minimum absolute atomic E-state index is 0.0228. The van der Waals surface area contributed by atoms with Crippen molar-refractivity contribution in [2.45, 2.75) is 56.8 Å². The Morgan fingerprint density at radius 3 is 2.54 bits per heavy atom. The summed E-state index contributed by atoms with van der Waals surface area (Å²) in [6.45, 7) is 2.63. The number of ether oxygens (including phenoxy) is 1. The molecule has 2 aliphatic heterocycles. The first-order valence-electron chi connectivity index (χ1n) is 9.84. The SMILES string of the molecule is O=C(C1CC2CCCCC2N1)N1CCN(CCCOCC(F)(F)F)CC1. The van der Waals surface area contributed by atoms with Gasteiger partial charge in [0.1, 0.15) is 6.61 Å². The van der Waals surface area contributed by atoms with E-state index in [4.69, 9.17) is 0 Å². The molecule has 0 bridgehead atoms. The molecule has 1 saturated carbocycles. The van der Waals surface area contributed by atoms with Gasteiger partial charge in [0.05, 0.1) is 6.04 Å². The lowest BCUT2D eigenvalue weighted by Crippen LogP contribution is -2.53. The molecule has 5 nitrogen and oxygen atoms in total. The summed E-state index contributed by atoms with van der Waals surface area (Å²) in [6, 6.07) is 0.501. The van der Waals surface area contributed by atoms with Crippen LogP contribution in [-0.4, -0.2) is 79.9 Å². The fourth-order valence-electron chi connectivity index (χ4n) is 4.50. The van der Waals surface area contributed by atoms with Crippen LogP contribution in [0, 0.1) is 5.92 Å². The minimum atomic E-state index is -4.25. The summed E-state index contributed by atoms with van der Waals surface area (Å²) in [6.07, 6.45) is 2.29. The lowest BCUT2D eigenvalue weighted by Gasteiger charge is -2.36. The minimum Gasteiger partial charge on any atom is -0.372 e. The van der Waals surface area contributed by atoms with Gasteiger partial charge in [0, 0.05) is 45.4 Å². The van der Waals surface area contributed by atoms with Gasteiger partial charge in [0.25, 0.3) is 0 Å². The first kappa shape index (κ1) is 19.9. The average molecular weight is 377 g/mol. The van der Waals surface area contributed by atoms with Gasteiger partial charge in [-0.2, -0.15) is 13.2 Å². The quantitative estimate of drug-likeness (QED) is 0.720. The van der Waals surface area contributed by atoms with Crippen LogP contribution in [0.1, 0.15) is 38.5 Å². The fraction of sp³-hybridized carbons (Fsp3) is 0.944. The average Bonchev–Trinajstić information content (AvgIpc) is 3.04. The smallest absolute Gasteiger partial charge is 0.372 e. The van der Waals surface area contributed by atoms with Crippen LogP contribution in [0.15, 0.2) is 0 Å². The predicted molar refractivity (Wildman–Crippen MR) is 91.8 cm³/mol. The highest BCUT2D eigenvalue weighted by molar-refractivity contribution is 5.82. The molecule has 3 rings (SSSR count). The van der Waals surface area contributed by atoms with Crippen molar-refractivity contribution in [2.24, 2.45) is 5.92 Å². The fourth-order valence-corrected chi connectivity index (χ4v) is 4.50. The number of alkyl halides is 3. The molecule has 2 saturated heterocycles. The van der Waals surface area contributed by atoms with Crippen molar-refractivity contribution in [1.82, 2.24) is 15.1 Å². The lowest BCUT2D eigenvalue weighted by atomic mass is 9.85. The summed E-state index contributed by atoms with van der Waals surface area (Å²) in [4.78, 5) is 16.9. The van der Waals surface area contributed by atoms with Gasteiger partial charge in [-0.25, -0.2) is 0 Å². The highest BCUT2D eigenvalue weighted by Gasteiger charge is 2.40. The number of nitrogens with one attached hydrogen (secondary N) is 1. The largest absolute Gasteiger partial charge is 0.411 e. The molecule has 2 heterocycles. The summed E-state index contributed by atoms with van der Waals surface area (Å²) in [7, 11) is 0. The van der Waals surface area contributed by atoms with E-state index in [-0.39, 0.29) is 18.6 Å². The Bertz CT molecular complexity index is 453. The molecule has 0 aromatic rings. The molecule has 1 aliphatic carbocycles. The summed E-state index contributed by atoms with van der Waals surface area (Å²) in [5.74, 6) is 0.892. The molecule has 3 fully saturated rings. The zero-order valence-electron chi connectivity index (χ0n) is 15.3. The molecular formula is C18H30F3N3O2. The Kier molecular flexibility index (Phi) is 6.80. The highest BCUT2D eigenvalue weighted by atomic mass is 19.4. The standard InChI is InChI=1S/C18H30F3N3O2/c19-18(20,21)13-26-11-3-6-23-7-9-24(10-8-23)17(25)16-12-14-4-1-2-5-15(14)22-16/h14-16,22H,1-13H2. The maximum atomic E-state index is 12.8. The summed E-state index contributed by atoms with van der Waals surface area (Å²) in [5, 5.41) is 3.55. The van der Waals surface area contributed by atoms with Gasteiger partial charge < -0.3 is 15.0 Å². The highest BCUT2D eigenvalue weighted by Crippen LogP contribution is 2.33. The van der Waals surface area contributed by atoms with Gasteiger partial charge in [-0.3, -0.25) is 9.69 Å². The Morgan fingerprint density at radius 2 is 1.85 bits per heavy atom. The number of piperazine rings is 1. The second-order valence-corrected chi connectivity index (χ2v) is 7.79. The van der Waals surface area contributed by atoms with Crippen LogP contribution < -0.4 is 5.32 Å². The third-order valence-electron chi connectivity index (χ3n) is 5.87. The van der Waals surface area contributed by atoms with Crippen LogP contribution in [-0.2, 0) is 9.53 Å². The Hall–Kier alpha value is -0.860. The van der Waals surface area contributed by atoms with Crippen LogP contribution in [0.5, 0.6) is 0 Å². The van der Waals surface area contributed by atoms with E-state index < -0.39 is 12.8 Å². The Morgan fingerprint density at radius 1 is 1.12 bits per heavy atom. The van der Waals surface area contributed by atoms with E-state index >= 15 is 0 Å². The van der Waals surface area contributed by atoms with Crippen molar-refractivity contribution < 1.29 is 22.7 Å². The zero-order valence-corrected chi connectivity index (χ0v) is 15.3. The van der Waals surface area contributed by atoms with E-state index in [0.29, 0.717) is 38.0 Å². The van der Waals surface area contributed by atoms with Gasteiger partial charge in [-0.05, 0) is 31.6 Å². The molecule has 3 atom stereocenters. The lowest BCUT2D eigenvalue weighted by molar-refractivity contribution is -0.174. The Labute approximate surface area is 153 Å². The summed E-state index contributed by atoms with van der Waals surface area (Å²) in [5.41, 5.74) is 0. The number of carbonyl (C=O) groups is 1. The van der Waals surface area contributed by atoms with Gasteiger partial charge in [0.15, 0.2) is 0 Å². The van der Waals surface area contributed by atoms with E-state index in [9.17, 15) is 18.0 Å². The monoisotopic (exact) mass is 377 g/mol. The molecular weight excluding hydrogens is 347 g/mol. The number of halogens is 3. The zero-order chi connectivity index (χ0) is 18.6. The molecule has 1 N–H and O–H groups in total. The van der Waals surface area contributed by atoms with Crippen molar-refractivity contribution in [3.63, 3.8) is 0 Å². The molecule has 0 aromatic heterocycles. The third-order valence-corrected chi connectivity index (χ3v) is 5.87. The molecule has 3 unspecified atom stereocenters. The van der Waals surface area contributed by atoms with Gasteiger partial charge in [-0.1, -0.05) is 12.8 Å². The molecule has 8 heteroatoms. The van der Waals surface area contributed by atoms with Gasteiger partial charge >= 0.3 is 6.18 Å². The van der Waals surface area contributed by atoms with Crippen LogP contribution in [0.4, 0.5) is 13.2 Å². The van der Waals surface area contributed by atoms with E-state index in [1.54, 1.807) is 0 Å². The number of hydrogen-bond donors (Lipinski definition) is 1. The molecule has 3 aliphatic rings. The van der Waals surface area contributed by atoms with Crippen LogP contribution in [0.2, 0.25) is 0 Å². The molecule has 0 spiro atoms. The van der Waals surface area contributed by atoms with Crippen LogP contribution in [0.3, 0.4) is 0 Å². The number of hydrogen-bond acceptors (Lipinski definition) is 4. The first-order chi connectivity index (χ1) is 12.4. The van der Waals surface area contributed by atoms with Crippen molar-refractivity contribution >= 4 is 5.91 Å². The van der Waals surface area contributed by atoms with Crippen molar-refractivity contribution in [3.05, 3.63) is 0 Å². The predicted octanol–water partition coefficient (Wildman–Crippen LogP) is 2.02. The normalized spacial score (nSPS) is 30.4. The van der Waals surface area contributed by atoms with E-state index in [1.807, 2.05) is 4.90 Å². The molecule has 1 amide bonds. The summed E-state index contributed by atoms with van der Waals surface area (Å²) >= 11 is 0. The van der Waals surface area contributed by atoms with Crippen molar-refractivity contribution in [3.8, 4) is 0 Å². The number of nitrogens with zero attached hydrogens (tertiary/aromatic N) is 2. The van der Waals surface area contributed by atoms with E-state index in [1.165, 1.54) is 25.7 Å². The van der Waals surface area contributed by atoms with Crippen molar-refractivity contribution in [2.75, 3.05) is 45.9 Å². The van der Waals surface area contributed by atoms with Crippen molar-refractivity contribution in [1.29, 1.82) is 0 Å². The topological polar surface area (TPSA) is 44.8 Å². The van der Waals surface area contributed by atoms with E-state index in [2.05, 4.69) is 15.0 Å². The molecule has 26 heavy (non-hydrogen) atoms. The maximum Gasteiger partial charge on any atom is 0.411 e.